The number of ether oxygens (including phenoxy) is 2. The monoisotopic (exact) mass is 453 g/mol. The van der Waals surface area contributed by atoms with Gasteiger partial charge >= 0.3 is 0 Å². The molecule has 9 heteroatoms. The summed E-state index contributed by atoms with van der Waals surface area (Å²) in [6, 6.07) is 15.3. The van der Waals surface area contributed by atoms with E-state index in [0.717, 1.165) is 50.7 Å². The number of nitrogens with zero attached hydrogens (tertiary/aromatic N) is 6. The molecule has 0 fully saturated rings. The number of fused-ring (bicyclic) bond motifs is 1. The van der Waals surface area contributed by atoms with Crippen LogP contribution in [0.5, 0.6) is 11.5 Å². The van der Waals surface area contributed by atoms with Crippen molar-refractivity contribution in [2.24, 2.45) is 0 Å². The average molecular weight is 454 g/mol. The molecule has 0 radical (unpaired) electrons. The Kier molecular flexibility index (Phi) is 5.51. The lowest BCUT2D eigenvalue weighted by Crippen LogP contribution is -2.03. The largest absolute Gasteiger partial charge is 0.497 e. The molecule has 0 aliphatic carbocycles. The third-order valence-electron chi connectivity index (χ3n) is 5.48. The Labute approximate surface area is 196 Å². The maximum atomic E-state index is 5.30. The van der Waals surface area contributed by atoms with Gasteiger partial charge in [0.05, 0.1) is 42.5 Å². The Bertz CT molecular complexity index is 1480. The van der Waals surface area contributed by atoms with Gasteiger partial charge in [-0.1, -0.05) is 0 Å². The Morgan fingerprint density at radius 2 is 1.56 bits per heavy atom. The molecule has 0 saturated heterocycles. The summed E-state index contributed by atoms with van der Waals surface area (Å²) in [6.07, 6.45) is 3.65. The van der Waals surface area contributed by atoms with Crippen molar-refractivity contribution in [2.45, 2.75) is 13.8 Å². The second-order valence-corrected chi connectivity index (χ2v) is 7.68. The molecule has 0 saturated carbocycles. The molecule has 0 bridgehead atoms. The fourth-order valence-electron chi connectivity index (χ4n) is 3.69. The van der Waals surface area contributed by atoms with Crippen LogP contribution in [0.25, 0.3) is 27.8 Å². The molecule has 3 heterocycles. The highest BCUT2D eigenvalue weighted by Crippen LogP contribution is 2.26. The van der Waals surface area contributed by atoms with Crippen LogP contribution in [0.1, 0.15) is 11.4 Å². The summed E-state index contributed by atoms with van der Waals surface area (Å²) in [4.78, 5) is 18.2. The third kappa shape index (κ3) is 4.11. The highest BCUT2D eigenvalue weighted by atomic mass is 16.5. The summed E-state index contributed by atoms with van der Waals surface area (Å²) < 4.78 is 12.4. The van der Waals surface area contributed by atoms with E-state index in [4.69, 9.17) is 9.47 Å². The lowest BCUT2D eigenvalue weighted by molar-refractivity contribution is 0.414. The van der Waals surface area contributed by atoms with E-state index in [1.54, 1.807) is 20.4 Å². The summed E-state index contributed by atoms with van der Waals surface area (Å²) in [5, 5.41) is 8.71. The standard InChI is InChI=1S/C25H23N7O2/c1-15-20-13-19(34-4)9-10-22(20)29-25(27-15)30-24-26-12-11-23(28-24)21-14-32(31-16(21)2)17-5-7-18(33-3)8-6-17/h5-14H,1-4H3,(H,26,27,28,29,30). The van der Waals surface area contributed by atoms with Crippen molar-refractivity contribution in [3.8, 4) is 28.4 Å². The first-order valence-electron chi connectivity index (χ1n) is 10.7. The number of hydrogen-bond donors (Lipinski definition) is 1. The SMILES string of the molecule is COc1ccc(-n2cc(-c3ccnc(Nc4nc(C)c5cc(OC)ccc5n4)n3)c(C)n2)cc1. The Morgan fingerprint density at radius 3 is 2.32 bits per heavy atom. The van der Waals surface area contributed by atoms with Gasteiger partial charge in [-0.2, -0.15) is 5.10 Å². The number of anilines is 2. The molecule has 9 nitrogen and oxygen atoms in total. The topological polar surface area (TPSA) is 99.9 Å². The highest BCUT2D eigenvalue weighted by molar-refractivity contribution is 5.83. The van der Waals surface area contributed by atoms with Gasteiger partial charge in [0, 0.05) is 23.3 Å². The summed E-state index contributed by atoms with van der Waals surface area (Å²) >= 11 is 0. The summed E-state index contributed by atoms with van der Waals surface area (Å²) in [6.45, 7) is 3.89. The molecule has 5 aromatic rings. The summed E-state index contributed by atoms with van der Waals surface area (Å²) in [5.41, 5.74) is 5.08. The van der Waals surface area contributed by atoms with Crippen LogP contribution in [0.2, 0.25) is 0 Å². The van der Waals surface area contributed by atoms with E-state index >= 15 is 0 Å². The lowest BCUT2D eigenvalue weighted by atomic mass is 10.2. The minimum Gasteiger partial charge on any atom is -0.497 e. The lowest BCUT2D eigenvalue weighted by Gasteiger charge is -2.09. The van der Waals surface area contributed by atoms with Gasteiger partial charge in [0.15, 0.2) is 0 Å². The molecular weight excluding hydrogens is 430 g/mol. The molecule has 0 aliphatic rings. The minimum atomic E-state index is 0.404. The van der Waals surface area contributed by atoms with Crippen LogP contribution in [0.15, 0.2) is 60.9 Å². The second kappa shape index (κ2) is 8.78. The van der Waals surface area contributed by atoms with Crippen molar-refractivity contribution in [3.05, 3.63) is 72.3 Å². The zero-order chi connectivity index (χ0) is 23.7. The molecule has 3 aromatic heterocycles. The van der Waals surface area contributed by atoms with Crippen LogP contribution in [0.4, 0.5) is 11.9 Å². The minimum absolute atomic E-state index is 0.404. The van der Waals surface area contributed by atoms with E-state index in [-0.39, 0.29) is 0 Å². The number of aromatic nitrogens is 6. The van der Waals surface area contributed by atoms with E-state index in [2.05, 4.69) is 30.4 Å². The molecule has 5 rings (SSSR count). The van der Waals surface area contributed by atoms with Gasteiger partial charge in [-0.05, 0) is 62.4 Å². The van der Waals surface area contributed by atoms with E-state index in [1.165, 1.54) is 0 Å². The number of rotatable bonds is 6. The van der Waals surface area contributed by atoms with Crippen molar-refractivity contribution in [3.63, 3.8) is 0 Å². The molecule has 170 valence electrons. The molecule has 0 aliphatic heterocycles. The van der Waals surface area contributed by atoms with Crippen molar-refractivity contribution in [1.29, 1.82) is 0 Å². The number of aryl methyl sites for hydroxylation is 2. The van der Waals surface area contributed by atoms with E-state index in [1.807, 2.05) is 73.3 Å². The number of nitrogens with one attached hydrogen (secondary N) is 1. The predicted octanol–water partition coefficient (Wildman–Crippen LogP) is 4.65. The summed E-state index contributed by atoms with van der Waals surface area (Å²) in [7, 11) is 3.29. The van der Waals surface area contributed by atoms with Gasteiger partial charge in [0.1, 0.15) is 11.5 Å². The number of benzene rings is 2. The Hall–Kier alpha value is -4.53. The number of methoxy groups -OCH3 is 2. The first-order chi connectivity index (χ1) is 16.5. The predicted molar refractivity (Wildman–Crippen MR) is 130 cm³/mol. The van der Waals surface area contributed by atoms with Crippen molar-refractivity contribution < 1.29 is 9.47 Å². The molecular formula is C25H23N7O2. The van der Waals surface area contributed by atoms with Gasteiger partial charge in [0.25, 0.3) is 0 Å². The van der Waals surface area contributed by atoms with Gasteiger partial charge in [-0.15, -0.1) is 0 Å². The average Bonchev–Trinajstić information content (AvgIpc) is 3.25. The van der Waals surface area contributed by atoms with E-state index < -0.39 is 0 Å². The molecule has 34 heavy (non-hydrogen) atoms. The molecule has 1 N–H and O–H groups in total. The molecule has 0 unspecified atom stereocenters. The fraction of sp³-hybridized carbons (Fsp3) is 0.160. The molecule has 0 atom stereocenters. The first kappa shape index (κ1) is 21.3. The smallest absolute Gasteiger partial charge is 0.230 e. The normalized spacial score (nSPS) is 10.9. The summed E-state index contributed by atoms with van der Waals surface area (Å²) in [5.74, 6) is 2.39. The zero-order valence-corrected chi connectivity index (χ0v) is 19.3. The van der Waals surface area contributed by atoms with Gasteiger partial charge in [0.2, 0.25) is 11.9 Å². The zero-order valence-electron chi connectivity index (χ0n) is 19.3. The van der Waals surface area contributed by atoms with E-state index in [0.29, 0.717) is 11.9 Å². The maximum absolute atomic E-state index is 5.30. The second-order valence-electron chi connectivity index (χ2n) is 7.68. The Balaban J connectivity index is 1.43. The Morgan fingerprint density at radius 1 is 0.794 bits per heavy atom. The van der Waals surface area contributed by atoms with Gasteiger partial charge in [-0.3, -0.25) is 5.32 Å². The molecule has 0 spiro atoms. The highest BCUT2D eigenvalue weighted by Gasteiger charge is 2.13. The van der Waals surface area contributed by atoms with Crippen molar-refractivity contribution in [1.82, 2.24) is 29.7 Å². The molecule has 2 aromatic carbocycles. The van der Waals surface area contributed by atoms with Crippen LogP contribution in [-0.4, -0.2) is 43.9 Å². The number of hydrogen-bond acceptors (Lipinski definition) is 8. The fourth-order valence-corrected chi connectivity index (χ4v) is 3.69. The van der Waals surface area contributed by atoms with Crippen LogP contribution < -0.4 is 14.8 Å². The van der Waals surface area contributed by atoms with Crippen LogP contribution in [0.3, 0.4) is 0 Å². The van der Waals surface area contributed by atoms with E-state index in [9.17, 15) is 0 Å². The van der Waals surface area contributed by atoms with Gasteiger partial charge in [-0.25, -0.2) is 24.6 Å². The van der Waals surface area contributed by atoms with Gasteiger partial charge < -0.3 is 9.47 Å². The first-order valence-corrected chi connectivity index (χ1v) is 10.7. The quantitative estimate of drug-likeness (QED) is 0.397. The van der Waals surface area contributed by atoms with Crippen molar-refractivity contribution in [2.75, 3.05) is 19.5 Å². The van der Waals surface area contributed by atoms with Crippen LogP contribution in [-0.2, 0) is 0 Å². The molecule has 0 amide bonds. The maximum Gasteiger partial charge on any atom is 0.230 e. The van der Waals surface area contributed by atoms with Crippen LogP contribution >= 0.6 is 0 Å². The van der Waals surface area contributed by atoms with Crippen molar-refractivity contribution >= 4 is 22.8 Å². The third-order valence-corrected chi connectivity index (χ3v) is 5.48. The van der Waals surface area contributed by atoms with Crippen LogP contribution in [0, 0.1) is 13.8 Å².